The molecule has 1 aromatic heterocycles. The Morgan fingerprint density at radius 3 is 2.75 bits per heavy atom. The second-order valence-electron chi connectivity index (χ2n) is 6.98. The summed E-state index contributed by atoms with van der Waals surface area (Å²) in [4.78, 5) is 8.67. The second kappa shape index (κ2) is 6.44. The number of nitrogens with one attached hydrogen (secondary N) is 1. The van der Waals surface area contributed by atoms with Crippen LogP contribution >= 0.6 is 11.3 Å². The van der Waals surface area contributed by atoms with Crippen molar-refractivity contribution in [1.82, 2.24) is 10.3 Å². The molecular weight excluding hydrogens is 266 g/mol. The molecule has 114 valence electrons. The van der Waals surface area contributed by atoms with Gasteiger partial charge in [-0.3, -0.25) is 0 Å². The van der Waals surface area contributed by atoms with E-state index in [1.54, 1.807) is 0 Å². The first-order chi connectivity index (χ1) is 9.41. The monoisotopic (exact) mass is 295 g/mol. The highest BCUT2D eigenvalue weighted by molar-refractivity contribution is 7.15. The molecule has 2 rings (SSSR count). The van der Waals surface area contributed by atoms with Crippen molar-refractivity contribution in [3.8, 4) is 0 Å². The Hall–Kier alpha value is -0.610. The van der Waals surface area contributed by atoms with Gasteiger partial charge in [0.1, 0.15) is 0 Å². The van der Waals surface area contributed by atoms with Gasteiger partial charge < -0.3 is 10.2 Å². The average Bonchev–Trinajstić information content (AvgIpc) is 2.96. The molecule has 1 saturated heterocycles. The highest BCUT2D eigenvalue weighted by atomic mass is 32.1. The van der Waals surface area contributed by atoms with Crippen LogP contribution in [0.3, 0.4) is 0 Å². The van der Waals surface area contributed by atoms with Crippen LogP contribution in [0, 0.1) is 18.3 Å². The Kier molecular flexibility index (Phi) is 5.08. The average molecular weight is 295 g/mol. The van der Waals surface area contributed by atoms with Crippen molar-refractivity contribution in [3.63, 3.8) is 0 Å². The van der Waals surface area contributed by atoms with Crippen LogP contribution in [0.2, 0.25) is 0 Å². The van der Waals surface area contributed by atoms with E-state index in [-0.39, 0.29) is 0 Å². The van der Waals surface area contributed by atoms with Crippen LogP contribution in [0.1, 0.15) is 51.1 Å². The molecule has 0 saturated carbocycles. The van der Waals surface area contributed by atoms with Crippen molar-refractivity contribution in [2.45, 2.75) is 54.0 Å². The molecular formula is C16H29N3S. The summed E-state index contributed by atoms with van der Waals surface area (Å²) in [6.07, 6.45) is 2.48. The van der Waals surface area contributed by atoms with E-state index in [4.69, 9.17) is 4.98 Å². The molecule has 1 aliphatic heterocycles. The standard InChI is InChI=1S/C16H29N3S/c1-6-8-17-10-14-12(2)18-15(20-14)19-9-7-13(11-19)16(3,4)5/h13,17H,6-11H2,1-5H3. The Labute approximate surface area is 127 Å². The highest BCUT2D eigenvalue weighted by Crippen LogP contribution is 2.37. The topological polar surface area (TPSA) is 28.2 Å². The number of rotatable bonds is 5. The molecule has 1 N–H and O–H groups in total. The molecule has 1 atom stereocenters. The molecule has 4 heteroatoms. The molecule has 20 heavy (non-hydrogen) atoms. The van der Waals surface area contributed by atoms with Gasteiger partial charge in [-0.2, -0.15) is 0 Å². The third-order valence-corrected chi connectivity index (χ3v) is 5.50. The number of nitrogens with zero attached hydrogens (tertiary/aromatic N) is 2. The highest BCUT2D eigenvalue weighted by Gasteiger charge is 2.33. The Morgan fingerprint density at radius 2 is 2.15 bits per heavy atom. The van der Waals surface area contributed by atoms with E-state index in [1.165, 1.54) is 28.5 Å². The molecule has 0 aliphatic carbocycles. The lowest BCUT2D eigenvalue weighted by molar-refractivity contribution is 0.263. The number of aryl methyl sites for hydroxylation is 1. The van der Waals surface area contributed by atoms with Gasteiger partial charge in [-0.15, -0.1) is 11.3 Å². The maximum atomic E-state index is 4.79. The fourth-order valence-corrected chi connectivity index (χ4v) is 3.80. The van der Waals surface area contributed by atoms with Gasteiger partial charge in [0.15, 0.2) is 5.13 Å². The summed E-state index contributed by atoms with van der Waals surface area (Å²) in [5, 5.41) is 4.71. The van der Waals surface area contributed by atoms with E-state index < -0.39 is 0 Å². The van der Waals surface area contributed by atoms with Gasteiger partial charge in [-0.05, 0) is 37.6 Å². The van der Waals surface area contributed by atoms with Gasteiger partial charge in [0.25, 0.3) is 0 Å². The zero-order valence-electron chi connectivity index (χ0n) is 13.6. The van der Waals surface area contributed by atoms with E-state index in [0.717, 1.165) is 32.1 Å². The molecule has 0 aromatic carbocycles. The Balaban J connectivity index is 1.98. The van der Waals surface area contributed by atoms with Crippen LogP contribution < -0.4 is 10.2 Å². The first kappa shape index (κ1) is 15.8. The van der Waals surface area contributed by atoms with Crippen molar-refractivity contribution in [2.75, 3.05) is 24.5 Å². The molecule has 2 heterocycles. The summed E-state index contributed by atoms with van der Waals surface area (Å²) >= 11 is 1.87. The molecule has 0 radical (unpaired) electrons. The molecule has 1 unspecified atom stereocenters. The SMILES string of the molecule is CCCNCc1sc(N2CCC(C(C)(C)C)C2)nc1C. The lowest BCUT2D eigenvalue weighted by Crippen LogP contribution is -2.25. The van der Waals surface area contributed by atoms with Crippen LogP contribution in [0.15, 0.2) is 0 Å². The van der Waals surface area contributed by atoms with Crippen LogP contribution in [0.25, 0.3) is 0 Å². The van der Waals surface area contributed by atoms with E-state index in [9.17, 15) is 0 Å². The summed E-state index contributed by atoms with van der Waals surface area (Å²) in [6.45, 7) is 15.8. The third-order valence-electron chi connectivity index (χ3n) is 4.28. The van der Waals surface area contributed by atoms with E-state index in [0.29, 0.717) is 5.41 Å². The number of anilines is 1. The number of hydrogen-bond donors (Lipinski definition) is 1. The molecule has 0 amide bonds. The quantitative estimate of drug-likeness (QED) is 0.837. The summed E-state index contributed by atoms with van der Waals surface area (Å²) in [5.74, 6) is 0.786. The summed E-state index contributed by atoms with van der Waals surface area (Å²) in [5.41, 5.74) is 1.61. The van der Waals surface area contributed by atoms with Crippen molar-refractivity contribution >= 4 is 16.5 Å². The fraction of sp³-hybridized carbons (Fsp3) is 0.812. The van der Waals surface area contributed by atoms with Crippen LogP contribution in [0.5, 0.6) is 0 Å². The Bertz CT molecular complexity index is 433. The number of aromatic nitrogens is 1. The molecule has 1 fully saturated rings. The number of thiazole rings is 1. The molecule has 0 bridgehead atoms. The molecule has 0 spiro atoms. The maximum absolute atomic E-state index is 4.79. The minimum Gasteiger partial charge on any atom is -0.348 e. The van der Waals surface area contributed by atoms with E-state index >= 15 is 0 Å². The summed E-state index contributed by atoms with van der Waals surface area (Å²) in [6, 6.07) is 0. The first-order valence-electron chi connectivity index (χ1n) is 7.83. The van der Waals surface area contributed by atoms with Crippen molar-refractivity contribution in [3.05, 3.63) is 10.6 Å². The number of hydrogen-bond acceptors (Lipinski definition) is 4. The largest absolute Gasteiger partial charge is 0.348 e. The smallest absolute Gasteiger partial charge is 0.185 e. The lowest BCUT2D eigenvalue weighted by atomic mass is 9.80. The lowest BCUT2D eigenvalue weighted by Gasteiger charge is -2.26. The summed E-state index contributed by atoms with van der Waals surface area (Å²) < 4.78 is 0. The minimum atomic E-state index is 0.409. The fourth-order valence-electron chi connectivity index (χ4n) is 2.73. The van der Waals surface area contributed by atoms with Crippen LogP contribution in [0.4, 0.5) is 5.13 Å². The minimum absolute atomic E-state index is 0.409. The molecule has 1 aromatic rings. The van der Waals surface area contributed by atoms with E-state index in [2.05, 4.69) is 44.8 Å². The third kappa shape index (κ3) is 3.73. The Morgan fingerprint density at radius 1 is 1.40 bits per heavy atom. The normalized spacial score (nSPS) is 19.9. The van der Waals surface area contributed by atoms with Crippen LogP contribution in [-0.4, -0.2) is 24.6 Å². The van der Waals surface area contributed by atoms with E-state index in [1.807, 2.05) is 11.3 Å². The van der Waals surface area contributed by atoms with Gasteiger partial charge in [0.2, 0.25) is 0 Å². The van der Waals surface area contributed by atoms with Crippen molar-refractivity contribution in [2.24, 2.45) is 11.3 Å². The zero-order valence-corrected chi connectivity index (χ0v) is 14.4. The van der Waals surface area contributed by atoms with Gasteiger partial charge in [0.05, 0.1) is 5.69 Å². The van der Waals surface area contributed by atoms with Gasteiger partial charge in [-0.25, -0.2) is 4.98 Å². The van der Waals surface area contributed by atoms with Crippen molar-refractivity contribution < 1.29 is 0 Å². The second-order valence-corrected chi connectivity index (χ2v) is 8.04. The predicted octanol–water partition coefficient (Wildman–Crippen LogP) is 3.82. The summed E-state index contributed by atoms with van der Waals surface area (Å²) in [7, 11) is 0. The first-order valence-corrected chi connectivity index (χ1v) is 8.65. The zero-order chi connectivity index (χ0) is 14.8. The van der Waals surface area contributed by atoms with Crippen LogP contribution in [-0.2, 0) is 6.54 Å². The molecule has 1 aliphatic rings. The van der Waals surface area contributed by atoms with Crippen molar-refractivity contribution in [1.29, 1.82) is 0 Å². The van der Waals surface area contributed by atoms with Gasteiger partial charge in [-0.1, -0.05) is 27.7 Å². The van der Waals surface area contributed by atoms with Gasteiger partial charge >= 0.3 is 0 Å². The van der Waals surface area contributed by atoms with Gasteiger partial charge in [0, 0.05) is 24.5 Å². The molecule has 3 nitrogen and oxygen atoms in total. The maximum Gasteiger partial charge on any atom is 0.185 e. The predicted molar refractivity (Wildman–Crippen MR) is 88.6 cm³/mol.